The van der Waals surface area contributed by atoms with E-state index in [0.29, 0.717) is 39.5 Å². The Labute approximate surface area is 216 Å². The Morgan fingerprint density at radius 2 is 1.32 bits per heavy atom. The molecule has 0 aliphatic rings. The van der Waals surface area contributed by atoms with Crippen molar-refractivity contribution in [3.63, 3.8) is 0 Å². The summed E-state index contributed by atoms with van der Waals surface area (Å²) >= 11 is 0. The van der Waals surface area contributed by atoms with Crippen LogP contribution in [0, 0.1) is 0 Å². The predicted octanol–water partition coefficient (Wildman–Crippen LogP) is 0.615. The number of hydrogen-bond acceptors (Lipinski definition) is 13. The Bertz CT molecular complexity index is 1470. The molecule has 198 valence electrons. The SMILES string of the molecule is Nc1ncnc2c1ncn2COCCO.Nc1ncnc2c1ncn2COCCOC(=O)c1ccccc1. The number of anilines is 2. The van der Waals surface area contributed by atoms with Crippen molar-refractivity contribution >= 4 is 39.9 Å². The van der Waals surface area contributed by atoms with E-state index in [9.17, 15) is 4.79 Å². The third-order valence-corrected chi connectivity index (χ3v) is 5.03. The lowest BCUT2D eigenvalue weighted by molar-refractivity contribution is 0.0181. The number of imidazole rings is 2. The molecule has 5 aromatic rings. The lowest BCUT2D eigenvalue weighted by atomic mass is 10.2. The Morgan fingerprint density at radius 3 is 1.87 bits per heavy atom. The molecule has 38 heavy (non-hydrogen) atoms. The van der Waals surface area contributed by atoms with Gasteiger partial charge in [-0.2, -0.15) is 0 Å². The van der Waals surface area contributed by atoms with Gasteiger partial charge in [-0.3, -0.25) is 9.13 Å². The number of rotatable bonds is 10. The molecule has 0 spiro atoms. The average molecular weight is 523 g/mol. The molecule has 0 aliphatic carbocycles. The summed E-state index contributed by atoms with van der Waals surface area (Å²) < 4.78 is 19.1. The molecule has 0 radical (unpaired) electrons. The summed E-state index contributed by atoms with van der Waals surface area (Å²) in [7, 11) is 0. The van der Waals surface area contributed by atoms with Gasteiger partial charge in [0.15, 0.2) is 22.9 Å². The van der Waals surface area contributed by atoms with Gasteiger partial charge in [0.25, 0.3) is 0 Å². The highest BCUT2D eigenvalue weighted by Gasteiger charge is 2.09. The minimum atomic E-state index is -0.372. The van der Waals surface area contributed by atoms with Crippen LogP contribution in [-0.2, 0) is 27.7 Å². The van der Waals surface area contributed by atoms with Crippen molar-refractivity contribution in [1.82, 2.24) is 39.0 Å². The number of aliphatic hydroxyl groups excluding tert-OH is 1. The molecule has 1 aromatic carbocycles. The fraction of sp³-hybridized carbons (Fsp3) is 0.261. The van der Waals surface area contributed by atoms with Gasteiger partial charge in [0, 0.05) is 0 Å². The number of aromatic nitrogens is 8. The van der Waals surface area contributed by atoms with Gasteiger partial charge in [0.05, 0.1) is 38.0 Å². The summed E-state index contributed by atoms with van der Waals surface area (Å²) in [6, 6.07) is 8.80. The average Bonchev–Trinajstić information content (AvgIpc) is 3.55. The quantitative estimate of drug-likeness (QED) is 0.170. The first-order valence-corrected chi connectivity index (χ1v) is 11.4. The van der Waals surface area contributed by atoms with Gasteiger partial charge < -0.3 is 30.8 Å². The summed E-state index contributed by atoms with van der Waals surface area (Å²) in [5.74, 6) is 0.300. The molecule has 0 fully saturated rings. The second-order valence-electron chi connectivity index (χ2n) is 7.59. The fourth-order valence-electron chi connectivity index (χ4n) is 3.23. The zero-order valence-corrected chi connectivity index (χ0v) is 20.3. The topological polar surface area (TPSA) is 204 Å². The molecule has 4 heterocycles. The first-order chi connectivity index (χ1) is 18.6. The minimum absolute atomic E-state index is 0.0102. The lowest BCUT2D eigenvalue weighted by Crippen LogP contribution is -2.12. The number of carbonyl (C=O) groups is 1. The standard InChI is InChI=1S/C15H15N5O3.C8H11N5O2/c16-13-12-14(18-8-17-13)20(9-19-12)10-22-6-7-23-15(21)11-4-2-1-3-5-11;9-7-6-8(11-3-10-7)13(4-12-6)5-15-2-1-14/h1-5,8-9H,6-7,10H2,(H2,16,17,18);3-4,14H,1-2,5H2,(H2,9,10,11). The Balaban J connectivity index is 0.000000194. The highest BCUT2D eigenvalue weighted by Crippen LogP contribution is 2.14. The number of carbonyl (C=O) groups excluding carboxylic acids is 1. The van der Waals surface area contributed by atoms with Crippen LogP contribution < -0.4 is 11.5 Å². The highest BCUT2D eigenvalue weighted by molar-refractivity contribution is 5.89. The van der Waals surface area contributed by atoms with E-state index in [1.54, 1.807) is 46.1 Å². The molecule has 0 bridgehead atoms. The van der Waals surface area contributed by atoms with E-state index in [1.165, 1.54) is 12.7 Å². The number of benzene rings is 1. The number of nitrogens with zero attached hydrogens (tertiary/aromatic N) is 8. The summed E-state index contributed by atoms with van der Waals surface area (Å²) in [5, 5.41) is 8.56. The van der Waals surface area contributed by atoms with Crippen molar-refractivity contribution in [2.24, 2.45) is 0 Å². The second kappa shape index (κ2) is 13.0. The van der Waals surface area contributed by atoms with E-state index in [-0.39, 0.29) is 45.9 Å². The number of nitrogen functional groups attached to an aromatic ring is 2. The molecule has 4 aromatic heterocycles. The Morgan fingerprint density at radius 1 is 0.763 bits per heavy atom. The Kier molecular flexibility index (Phi) is 9.01. The Hall–Kier alpha value is -4.73. The summed E-state index contributed by atoms with van der Waals surface area (Å²) in [6.07, 6.45) is 5.90. The van der Waals surface area contributed by atoms with Crippen molar-refractivity contribution < 1.29 is 24.1 Å². The summed E-state index contributed by atoms with van der Waals surface area (Å²) in [4.78, 5) is 35.8. The lowest BCUT2D eigenvalue weighted by Gasteiger charge is -2.07. The molecule has 15 nitrogen and oxygen atoms in total. The normalized spacial score (nSPS) is 10.9. The van der Waals surface area contributed by atoms with Gasteiger partial charge in [0.2, 0.25) is 0 Å². The maximum atomic E-state index is 11.7. The van der Waals surface area contributed by atoms with Crippen molar-refractivity contribution in [2.75, 3.05) is 37.9 Å². The van der Waals surface area contributed by atoms with Crippen molar-refractivity contribution in [3.8, 4) is 0 Å². The minimum Gasteiger partial charge on any atom is -0.460 e. The molecule has 0 atom stereocenters. The van der Waals surface area contributed by atoms with Gasteiger partial charge >= 0.3 is 5.97 Å². The monoisotopic (exact) mass is 522 g/mol. The van der Waals surface area contributed by atoms with Crippen molar-refractivity contribution in [1.29, 1.82) is 0 Å². The molecule has 0 aliphatic heterocycles. The van der Waals surface area contributed by atoms with Gasteiger partial charge in [-0.15, -0.1) is 0 Å². The van der Waals surface area contributed by atoms with Gasteiger partial charge in [-0.25, -0.2) is 34.7 Å². The molecule has 0 saturated heterocycles. The smallest absolute Gasteiger partial charge is 0.338 e. The number of nitrogens with two attached hydrogens (primary N) is 2. The maximum absolute atomic E-state index is 11.7. The van der Waals surface area contributed by atoms with Gasteiger partial charge in [-0.1, -0.05) is 18.2 Å². The van der Waals surface area contributed by atoms with E-state index in [2.05, 4.69) is 29.9 Å². The largest absolute Gasteiger partial charge is 0.460 e. The molecular weight excluding hydrogens is 496 g/mol. The van der Waals surface area contributed by atoms with E-state index in [1.807, 2.05) is 6.07 Å². The van der Waals surface area contributed by atoms with Gasteiger partial charge in [-0.05, 0) is 12.1 Å². The van der Waals surface area contributed by atoms with E-state index in [0.717, 1.165) is 0 Å². The number of aliphatic hydroxyl groups is 1. The van der Waals surface area contributed by atoms with Crippen LogP contribution in [0.5, 0.6) is 0 Å². The summed E-state index contributed by atoms with van der Waals surface area (Å²) in [6.45, 7) is 1.21. The van der Waals surface area contributed by atoms with Crippen LogP contribution in [0.4, 0.5) is 11.6 Å². The van der Waals surface area contributed by atoms with Gasteiger partial charge in [0.1, 0.15) is 43.8 Å². The molecule has 0 saturated carbocycles. The van der Waals surface area contributed by atoms with E-state index >= 15 is 0 Å². The molecule has 5 rings (SSSR count). The number of fused-ring (bicyclic) bond motifs is 2. The van der Waals surface area contributed by atoms with Crippen LogP contribution in [0.1, 0.15) is 10.4 Å². The first-order valence-electron chi connectivity index (χ1n) is 11.4. The molecule has 0 amide bonds. The van der Waals surface area contributed by atoms with Crippen LogP contribution in [0.3, 0.4) is 0 Å². The maximum Gasteiger partial charge on any atom is 0.338 e. The van der Waals surface area contributed by atoms with Crippen LogP contribution in [0.2, 0.25) is 0 Å². The van der Waals surface area contributed by atoms with Crippen molar-refractivity contribution in [3.05, 3.63) is 61.2 Å². The second-order valence-corrected chi connectivity index (χ2v) is 7.59. The van der Waals surface area contributed by atoms with Crippen LogP contribution in [-0.4, -0.2) is 76.5 Å². The zero-order valence-electron chi connectivity index (χ0n) is 20.3. The summed E-state index contributed by atoms with van der Waals surface area (Å²) in [5.41, 5.74) is 14.2. The third kappa shape index (κ3) is 6.52. The van der Waals surface area contributed by atoms with Crippen LogP contribution in [0.15, 0.2) is 55.6 Å². The molecule has 15 heteroatoms. The third-order valence-electron chi connectivity index (χ3n) is 5.03. The zero-order chi connectivity index (χ0) is 26.7. The van der Waals surface area contributed by atoms with Crippen LogP contribution in [0.25, 0.3) is 22.3 Å². The molecule has 5 N–H and O–H groups in total. The van der Waals surface area contributed by atoms with Crippen molar-refractivity contribution in [2.45, 2.75) is 13.5 Å². The van der Waals surface area contributed by atoms with E-state index < -0.39 is 0 Å². The predicted molar refractivity (Wildman–Crippen MR) is 135 cm³/mol. The first kappa shape index (κ1) is 26.3. The van der Waals surface area contributed by atoms with E-state index in [4.69, 9.17) is 30.8 Å². The fourth-order valence-corrected chi connectivity index (χ4v) is 3.23. The molecular formula is C23H26N10O5. The molecule has 0 unspecified atom stereocenters. The highest BCUT2D eigenvalue weighted by atomic mass is 16.6. The number of ether oxygens (including phenoxy) is 3. The van der Waals surface area contributed by atoms with Crippen LogP contribution >= 0.6 is 0 Å². The number of esters is 1. The number of hydrogen-bond donors (Lipinski definition) is 3.